The summed E-state index contributed by atoms with van der Waals surface area (Å²) in [6.45, 7) is 0. The van der Waals surface area contributed by atoms with Gasteiger partial charge in [0, 0.05) is 22.9 Å². The number of rotatable bonds is 5. The minimum Gasteiger partial charge on any atom is -0.493 e. The number of hydrogen-bond acceptors (Lipinski definition) is 4. The van der Waals surface area contributed by atoms with Crippen LogP contribution in [0.15, 0.2) is 54.9 Å². The summed E-state index contributed by atoms with van der Waals surface area (Å²) in [5.74, 6) is -0.644. The quantitative estimate of drug-likeness (QED) is 0.460. The van der Waals surface area contributed by atoms with E-state index in [-0.39, 0.29) is 32.9 Å². The lowest BCUT2D eigenvalue weighted by molar-refractivity contribution is -0.904. The molecule has 0 saturated heterocycles. The number of halogens is 3. The highest BCUT2D eigenvalue weighted by molar-refractivity contribution is 6.42. The average molecular weight is 424 g/mol. The Bertz CT molecular complexity index is 1050. The number of carbonyl (C=O) groups is 1. The molecule has 0 fully saturated rings. The van der Waals surface area contributed by atoms with Crippen molar-refractivity contribution in [2.45, 2.75) is 0 Å². The van der Waals surface area contributed by atoms with Crippen LogP contribution >= 0.6 is 23.2 Å². The third-order valence-electron chi connectivity index (χ3n) is 3.66. The molecule has 0 atom stereocenters. The molecule has 2 N–H and O–H groups in total. The second kappa shape index (κ2) is 8.33. The molecule has 0 aliphatic heterocycles. The van der Waals surface area contributed by atoms with Gasteiger partial charge in [-0.2, -0.15) is 0 Å². The van der Waals surface area contributed by atoms with Gasteiger partial charge in [-0.05, 0) is 24.3 Å². The summed E-state index contributed by atoms with van der Waals surface area (Å²) in [6.07, 6.45) is 2.70. The Morgan fingerprint density at radius 3 is 2.57 bits per heavy atom. The fraction of sp³-hybridized carbons (Fsp3) is 0.0526. The number of aromatic nitrogens is 1. The lowest BCUT2D eigenvalue weighted by Gasteiger charge is -2.14. The van der Waals surface area contributed by atoms with Gasteiger partial charge in [0.15, 0.2) is 11.5 Å². The van der Waals surface area contributed by atoms with Gasteiger partial charge in [0.25, 0.3) is 5.91 Å². The van der Waals surface area contributed by atoms with Crippen LogP contribution in [0.4, 0.5) is 10.1 Å². The smallest absolute Gasteiger partial charge is 0.259 e. The summed E-state index contributed by atoms with van der Waals surface area (Å²) in [5.41, 5.74) is 0.417. The molecule has 0 radical (unpaired) electrons. The van der Waals surface area contributed by atoms with Crippen molar-refractivity contribution < 1.29 is 28.6 Å². The maximum atomic E-state index is 13.4. The lowest BCUT2D eigenvalue weighted by Crippen LogP contribution is -2.29. The predicted octanol–water partition coefficient (Wildman–Crippen LogP) is 4.71. The van der Waals surface area contributed by atoms with Crippen molar-refractivity contribution in [1.82, 2.24) is 0 Å². The average Bonchev–Trinajstić information content (AvgIpc) is 2.65. The van der Waals surface area contributed by atoms with E-state index in [1.54, 1.807) is 12.1 Å². The van der Waals surface area contributed by atoms with Gasteiger partial charge in [0.2, 0.25) is 12.4 Å². The number of anilines is 1. The van der Waals surface area contributed by atoms with Crippen molar-refractivity contribution in [2.75, 3.05) is 12.4 Å². The number of methoxy groups -OCH3 is 1. The number of amides is 1. The molecule has 28 heavy (non-hydrogen) atoms. The SMILES string of the molecule is COc1cc(F)ccc1Oc1cc(Cl)c(Cl)cc1C(=O)Nc1ccc[n+](O)c1. The minimum atomic E-state index is -0.555. The van der Waals surface area contributed by atoms with Gasteiger partial charge in [-0.1, -0.05) is 23.2 Å². The van der Waals surface area contributed by atoms with Crippen molar-refractivity contribution in [1.29, 1.82) is 0 Å². The monoisotopic (exact) mass is 423 g/mol. The largest absolute Gasteiger partial charge is 0.493 e. The maximum absolute atomic E-state index is 13.4. The highest BCUT2D eigenvalue weighted by Crippen LogP contribution is 2.37. The van der Waals surface area contributed by atoms with E-state index in [1.165, 1.54) is 43.8 Å². The molecule has 1 aromatic heterocycles. The highest BCUT2D eigenvalue weighted by Gasteiger charge is 2.19. The van der Waals surface area contributed by atoms with Gasteiger partial charge >= 0.3 is 0 Å². The third kappa shape index (κ3) is 4.44. The number of ether oxygens (including phenoxy) is 2. The molecule has 0 bridgehead atoms. The Balaban J connectivity index is 1.97. The summed E-state index contributed by atoms with van der Waals surface area (Å²) in [4.78, 5) is 12.7. The van der Waals surface area contributed by atoms with E-state index in [2.05, 4.69) is 5.32 Å². The Labute approximate surface area is 169 Å². The van der Waals surface area contributed by atoms with E-state index in [0.717, 1.165) is 10.8 Å². The first-order chi connectivity index (χ1) is 13.4. The van der Waals surface area contributed by atoms with E-state index < -0.39 is 11.7 Å². The van der Waals surface area contributed by atoms with Crippen molar-refractivity contribution >= 4 is 34.8 Å². The summed E-state index contributed by atoms with van der Waals surface area (Å²) in [6, 6.07) is 9.57. The summed E-state index contributed by atoms with van der Waals surface area (Å²) in [7, 11) is 1.36. The Morgan fingerprint density at radius 2 is 1.86 bits per heavy atom. The van der Waals surface area contributed by atoms with Crippen LogP contribution in [0.2, 0.25) is 10.0 Å². The fourth-order valence-electron chi connectivity index (χ4n) is 2.37. The van der Waals surface area contributed by atoms with Crippen LogP contribution in [-0.2, 0) is 0 Å². The van der Waals surface area contributed by atoms with Crippen molar-refractivity contribution in [3.05, 3.63) is 76.3 Å². The molecule has 6 nitrogen and oxygen atoms in total. The zero-order chi connectivity index (χ0) is 20.3. The first-order valence-corrected chi connectivity index (χ1v) is 8.65. The van der Waals surface area contributed by atoms with E-state index in [4.69, 9.17) is 32.7 Å². The van der Waals surface area contributed by atoms with Gasteiger partial charge in [0.1, 0.15) is 17.3 Å². The van der Waals surface area contributed by atoms with Crippen LogP contribution in [0, 0.1) is 5.82 Å². The summed E-state index contributed by atoms with van der Waals surface area (Å²) >= 11 is 12.1. The summed E-state index contributed by atoms with van der Waals surface area (Å²) in [5, 5.41) is 12.4. The molecule has 144 valence electrons. The van der Waals surface area contributed by atoms with Crippen LogP contribution in [0.25, 0.3) is 0 Å². The number of pyridine rings is 1. The second-order valence-corrected chi connectivity index (χ2v) is 6.40. The third-order valence-corrected chi connectivity index (χ3v) is 4.38. The molecule has 1 amide bonds. The van der Waals surface area contributed by atoms with E-state index in [1.807, 2.05) is 0 Å². The molecule has 0 unspecified atom stereocenters. The highest BCUT2D eigenvalue weighted by atomic mass is 35.5. The van der Waals surface area contributed by atoms with Gasteiger partial charge in [-0.25, -0.2) is 4.39 Å². The normalized spacial score (nSPS) is 10.4. The number of nitrogens with one attached hydrogen (secondary N) is 1. The molecule has 3 aromatic rings. The molecule has 0 aliphatic carbocycles. The van der Waals surface area contributed by atoms with Crippen LogP contribution < -0.4 is 19.5 Å². The van der Waals surface area contributed by atoms with E-state index in [9.17, 15) is 14.4 Å². The molecular formula is C19H14Cl2FN2O4+. The van der Waals surface area contributed by atoms with Crippen molar-refractivity contribution in [3.63, 3.8) is 0 Å². The van der Waals surface area contributed by atoms with E-state index >= 15 is 0 Å². The number of nitrogens with zero attached hydrogens (tertiary/aromatic N) is 1. The van der Waals surface area contributed by atoms with Crippen LogP contribution in [-0.4, -0.2) is 18.2 Å². The van der Waals surface area contributed by atoms with Crippen LogP contribution in [0.5, 0.6) is 17.2 Å². The molecule has 0 saturated carbocycles. The molecule has 1 heterocycles. The second-order valence-electron chi connectivity index (χ2n) is 5.59. The zero-order valence-corrected chi connectivity index (χ0v) is 16.0. The van der Waals surface area contributed by atoms with Gasteiger partial charge in [-0.3, -0.25) is 10.0 Å². The Hall–Kier alpha value is -3.03. The van der Waals surface area contributed by atoms with Crippen molar-refractivity contribution in [3.8, 4) is 17.2 Å². The zero-order valence-electron chi connectivity index (χ0n) is 14.4. The Morgan fingerprint density at radius 1 is 1.11 bits per heavy atom. The molecule has 3 rings (SSSR count). The maximum Gasteiger partial charge on any atom is 0.259 e. The lowest BCUT2D eigenvalue weighted by atomic mass is 10.1. The first-order valence-electron chi connectivity index (χ1n) is 7.89. The number of carbonyl (C=O) groups excluding carboxylic acids is 1. The minimum absolute atomic E-state index is 0.0779. The summed E-state index contributed by atoms with van der Waals surface area (Å²) < 4.78 is 25.1. The van der Waals surface area contributed by atoms with Crippen LogP contribution in [0.3, 0.4) is 0 Å². The van der Waals surface area contributed by atoms with Gasteiger partial charge in [-0.15, -0.1) is 0 Å². The molecule has 0 aliphatic rings. The Kier molecular flexibility index (Phi) is 5.87. The van der Waals surface area contributed by atoms with E-state index in [0.29, 0.717) is 5.69 Å². The molecular weight excluding hydrogens is 410 g/mol. The van der Waals surface area contributed by atoms with Crippen molar-refractivity contribution in [2.24, 2.45) is 0 Å². The molecule has 0 spiro atoms. The molecule has 9 heteroatoms. The topological polar surface area (TPSA) is 71.7 Å². The number of benzene rings is 2. The first kappa shape index (κ1) is 19.7. The van der Waals surface area contributed by atoms with Gasteiger partial charge < -0.3 is 14.8 Å². The standard InChI is InChI=1S/C19H13Cl2FN2O4/c1-27-18-7-11(22)4-5-16(18)28-17-9-15(21)14(20)8-13(17)19(25)23-12-3-2-6-24(26)10-12/h2-10H,1H3,(H-,23,25,26)/p+1. The van der Waals surface area contributed by atoms with Gasteiger partial charge in [0.05, 0.1) is 22.7 Å². The number of hydrogen-bond donors (Lipinski definition) is 2. The fourth-order valence-corrected chi connectivity index (χ4v) is 2.69. The predicted molar refractivity (Wildman–Crippen MR) is 101 cm³/mol. The van der Waals surface area contributed by atoms with Crippen LogP contribution in [0.1, 0.15) is 10.4 Å². The molecule has 2 aromatic carbocycles.